The van der Waals surface area contributed by atoms with Gasteiger partial charge >= 0.3 is 0 Å². The summed E-state index contributed by atoms with van der Waals surface area (Å²) in [5.74, 6) is 0. The van der Waals surface area contributed by atoms with Crippen LogP contribution in [0.5, 0.6) is 0 Å². The van der Waals surface area contributed by atoms with Crippen LogP contribution in [0.3, 0.4) is 0 Å². The summed E-state index contributed by atoms with van der Waals surface area (Å²) in [4.78, 5) is 8.00. The predicted molar refractivity (Wildman–Crippen MR) is 60.5 cm³/mol. The highest BCUT2D eigenvalue weighted by molar-refractivity contribution is 5.55. The molecule has 0 fully saturated rings. The molecule has 0 saturated carbocycles. The van der Waals surface area contributed by atoms with Crippen molar-refractivity contribution in [3.8, 4) is 6.07 Å². The molecule has 2 aromatic rings. The Balaban J connectivity index is 2.09. The van der Waals surface area contributed by atoms with Crippen LogP contribution < -0.4 is 5.32 Å². The largest absolute Gasteiger partial charge is 0.379 e. The van der Waals surface area contributed by atoms with Gasteiger partial charge < -0.3 is 5.32 Å². The van der Waals surface area contributed by atoms with Gasteiger partial charge in [0.15, 0.2) is 0 Å². The minimum Gasteiger partial charge on any atom is -0.379 e. The molecule has 1 N–H and O–H groups in total. The molecule has 0 radical (unpaired) electrons. The number of hydrogen-bond acceptors (Lipinski definition) is 4. The molecule has 2 aromatic heterocycles. The predicted octanol–water partition coefficient (Wildman–Crippen LogP) is 1.96. The average Bonchev–Trinajstić information content (AvgIpc) is 2.38. The van der Waals surface area contributed by atoms with Crippen LogP contribution in [0.4, 0.5) is 5.69 Å². The topological polar surface area (TPSA) is 61.6 Å². The fraction of sp³-hybridized carbons (Fsp3) is 0.0833. The van der Waals surface area contributed by atoms with E-state index < -0.39 is 0 Å². The Morgan fingerprint density at radius 1 is 1.19 bits per heavy atom. The molecule has 0 bridgehead atoms. The Hall–Kier alpha value is -2.41. The molecule has 0 saturated heterocycles. The Labute approximate surface area is 93.6 Å². The molecule has 0 aliphatic heterocycles. The van der Waals surface area contributed by atoms with E-state index in [0.29, 0.717) is 12.1 Å². The van der Waals surface area contributed by atoms with Crippen LogP contribution in [0.1, 0.15) is 11.1 Å². The first-order valence-electron chi connectivity index (χ1n) is 4.87. The van der Waals surface area contributed by atoms with Gasteiger partial charge in [0.05, 0.1) is 17.4 Å². The monoisotopic (exact) mass is 210 g/mol. The fourth-order valence-electron chi connectivity index (χ4n) is 1.33. The van der Waals surface area contributed by atoms with Gasteiger partial charge in [-0.05, 0) is 17.7 Å². The normalized spacial score (nSPS) is 9.44. The molecular weight excluding hydrogens is 200 g/mol. The standard InChI is InChI=1S/C12H10N4/c13-6-11-3-5-15-9-12(11)16-8-10-2-1-4-14-7-10/h1-5,7,9,16H,8H2. The summed E-state index contributed by atoms with van der Waals surface area (Å²) in [6, 6.07) is 7.65. The van der Waals surface area contributed by atoms with Gasteiger partial charge in [0.25, 0.3) is 0 Å². The molecule has 0 aliphatic carbocycles. The van der Waals surface area contributed by atoms with E-state index in [4.69, 9.17) is 5.26 Å². The van der Waals surface area contributed by atoms with Gasteiger partial charge in [0.2, 0.25) is 0 Å². The van der Waals surface area contributed by atoms with Gasteiger partial charge in [-0.1, -0.05) is 6.07 Å². The van der Waals surface area contributed by atoms with Crippen LogP contribution in [-0.2, 0) is 6.54 Å². The van der Waals surface area contributed by atoms with Crippen LogP contribution in [0, 0.1) is 11.3 Å². The van der Waals surface area contributed by atoms with E-state index >= 15 is 0 Å². The minimum atomic E-state index is 0.596. The summed E-state index contributed by atoms with van der Waals surface area (Å²) < 4.78 is 0. The van der Waals surface area contributed by atoms with Crippen LogP contribution in [0.25, 0.3) is 0 Å². The average molecular weight is 210 g/mol. The van der Waals surface area contributed by atoms with Crippen molar-refractivity contribution in [2.45, 2.75) is 6.54 Å². The number of aromatic nitrogens is 2. The molecule has 4 nitrogen and oxygen atoms in total. The molecule has 78 valence electrons. The first-order valence-corrected chi connectivity index (χ1v) is 4.87. The van der Waals surface area contributed by atoms with Crippen molar-refractivity contribution in [1.29, 1.82) is 5.26 Å². The van der Waals surface area contributed by atoms with Gasteiger partial charge in [-0.3, -0.25) is 9.97 Å². The fourth-order valence-corrected chi connectivity index (χ4v) is 1.33. The van der Waals surface area contributed by atoms with E-state index in [2.05, 4.69) is 21.4 Å². The zero-order chi connectivity index (χ0) is 11.2. The molecule has 0 unspecified atom stereocenters. The van der Waals surface area contributed by atoms with Crippen molar-refractivity contribution in [3.63, 3.8) is 0 Å². The second kappa shape index (κ2) is 4.89. The highest BCUT2D eigenvalue weighted by Crippen LogP contribution is 2.12. The molecule has 0 amide bonds. The Bertz CT molecular complexity index is 502. The van der Waals surface area contributed by atoms with Gasteiger partial charge in [0, 0.05) is 25.1 Å². The first kappa shape index (κ1) is 10.1. The molecule has 0 aromatic carbocycles. The second-order valence-electron chi connectivity index (χ2n) is 3.25. The van der Waals surface area contributed by atoms with Crippen molar-refractivity contribution < 1.29 is 0 Å². The van der Waals surface area contributed by atoms with Gasteiger partial charge in [-0.25, -0.2) is 0 Å². The number of rotatable bonds is 3. The van der Waals surface area contributed by atoms with Crippen LogP contribution in [0.15, 0.2) is 43.0 Å². The van der Waals surface area contributed by atoms with E-state index in [-0.39, 0.29) is 0 Å². The van der Waals surface area contributed by atoms with E-state index in [1.165, 1.54) is 0 Å². The first-order chi connectivity index (χ1) is 7.90. The maximum atomic E-state index is 8.89. The molecule has 0 spiro atoms. The lowest BCUT2D eigenvalue weighted by molar-refractivity contribution is 1.10. The van der Waals surface area contributed by atoms with E-state index in [9.17, 15) is 0 Å². The van der Waals surface area contributed by atoms with Crippen LogP contribution >= 0.6 is 0 Å². The molecule has 0 aliphatic rings. The number of nitriles is 1. The van der Waals surface area contributed by atoms with Gasteiger partial charge in [0.1, 0.15) is 6.07 Å². The third-order valence-electron chi connectivity index (χ3n) is 2.15. The lowest BCUT2D eigenvalue weighted by Gasteiger charge is -2.06. The molecule has 16 heavy (non-hydrogen) atoms. The van der Waals surface area contributed by atoms with Crippen molar-refractivity contribution in [2.75, 3.05) is 5.32 Å². The molecular formula is C12H10N4. The van der Waals surface area contributed by atoms with Crippen LogP contribution in [0.2, 0.25) is 0 Å². The number of hydrogen-bond donors (Lipinski definition) is 1. The van der Waals surface area contributed by atoms with Crippen molar-refractivity contribution >= 4 is 5.69 Å². The lowest BCUT2D eigenvalue weighted by Crippen LogP contribution is -2.01. The SMILES string of the molecule is N#Cc1ccncc1NCc1cccnc1. The number of anilines is 1. The maximum absolute atomic E-state index is 8.89. The third-order valence-corrected chi connectivity index (χ3v) is 2.15. The summed E-state index contributed by atoms with van der Waals surface area (Å²) in [6.07, 6.45) is 6.77. The molecule has 2 heterocycles. The summed E-state index contributed by atoms with van der Waals surface area (Å²) in [7, 11) is 0. The van der Waals surface area contributed by atoms with E-state index in [1.807, 2.05) is 12.1 Å². The van der Waals surface area contributed by atoms with E-state index in [0.717, 1.165) is 11.3 Å². The highest BCUT2D eigenvalue weighted by atomic mass is 14.9. The maximum Gasteiger partial charge on any atom is 0.101 e. The zero-order valence-electron chi connectivity index (χ0n) is 8.59. The Morgan fingerprint density at radius 3 is 2.81 bits per heavy atom. The minimum absolute atomic E-state index is 0.596. The smallest absolute Gasteiger partial charge is 0.101 e. The van der Waals surface area contributed by atoms with E-state index in [1.54, 1.807) is 30.9 Å². The molecule has 2 rings (SSSR count). The van der Waals surface area contributed by atoms with Crippen molar-refractivity contribution in [1.82, 2.24) is 9.97 Å². The summed E-state index contributed by atoms with van der Waals surface area (Å²) in [6.45, 7) is 0.633. The number of nitrogens with zero attached hydrogens (tertiary/aromatic N) is 3. The van der Waals surface area contributed by atoms with Crippen molar-refractivity contribution in [3.05, 3.63) is 54.1 Å². The van der Waals surface area contributed by atoms with Gasteiger partial charge in [-0.2, -0.15) is 5.26 Å². The summed E-state index contributed by atoms with van der Waals surface area (Å²) in [5, 5.41) is 12.0. The number of pyridine rings is 2. The third kappa shape index (κ3) is 2.34. The molecule has 0 atom stereocenters. The van der Waals surface area contributed by atoms with Crippen LogP contribution in [-0.4, -0.2) is 9.97 Å². The highest BCUT2D eigenvalue weighted by Gasteiger charge is 2.00. The quantitative estimate of drug-likeness (QED) is 0.841. The Kier molecular flexibility index (Phi) is 3.10. The zero-order valence-corrected chi connectivity index (χ0v) is 8.59. The second-order valence-corrected chi connectivity index (χ2v) is 3.25. The van der Waals surface area contributed by atoms with Crippen molar-refractivity contribution in [2.24, 2.45) is 0 Å². The summed E-state index contributed by atoms with van der Waals surface area (Å²) >= 11 is 0. The number of nitrogens with one attached hydrogen (secondary N) is 1. The molecule has 4 heteroatoms. The Morgan fingerprint density at radius 2 is 2.06 bits per heavy atom. The lowest BCUT2D eigenvalue weighted by atomic mass is 10.2. The van der Waals surface area contributed by atoms with Gasteiger partial charge in [-0.15, -0.1) is 0 Å². The summed E-state index contributed by atoms with van der Waals surface area (Å²) in [5.41, 5.74) is 2.41.